The van der Waals surface area contributed by atoms with Gasteiger partial charge in [-0.2, -0.15) is 0 Å². The van der Waals surface area contributed by atoms with Crippen LogP contribution >= 0.6 is 0 Å². The first kappa shape index (κ1) is 10.5. The maximum Gasteiger partial charge on any atom is -0.00462 e. The molecule has 1 nitrogen and oxygen atoms in total. The van der Waals surface area contributed by atoms with Gasteiger partial charge in [-0.3, -0.25) is 0 Å². The molecular formula is C13H25N. The zero-order chi connectivity index (χ0) is 9.80. The topological polar surface area (TPSA) is 12.0 Å². The summed E-state index contributed by atoms with van der Waals surface area (Å²) in [5, 5.41) is 3.53. The van der Waals surface area contributed by atoms with Crippen LogP contribution in [0.25, 0.3) is 0 Å². The molecule has 1 aliphatic heterocycles. The third-order valence-corrected chi connectivity index (χ3v) is 4.26. The molecule has 3 unspecified atom stereocenters. The van der Waals surface area contributed by atoms with E-state index in [1.165, 1.54) is 58.0 Å². The fraction of sp³-hybridized carbons (Fsp3) is 1.00. The summed E-state index contributed by atoms with van der Waals surface area (Å²) in [5.41, 5.74) is 0. The van der Waals surface area contributed by atoms with Gasteiger partial charge < -0.3 is 5.32 Å². The Morgan fingerprint density at radius 1 is 0.857 bits per heavy atom. The van der Waals surface area contributed by atoms with Gasteiger partial charge in [-0.15, -0.1) is 0 Å². The molecule has 1 heterocycles. The number of hydrogen-bond donors (Lipinski definition) is 1. The second-order valence-electron chi connectivity index (χ2n) is 5.47. The van der Waals surface area contributed by atoms with Gasteiger partial charge in [-0.25, -0.2) is 0 Å². The van der Waals surface area contributed by atoms with Crippen LogP contribution in [0.5, 0.6) is 0 Å². The van der Waals surface area contributed by atoms with Crippen molar-refractivity contribution in [3.63, 3.8) is 0 Å². The van der Waals surface area contributed by atoms with Gasteiger partial charge in [0.2, 0.25) is 0 Å². The highest BCUT2D eigenvalue weighted by molar-refractivity contribution is 4.79. The van der Waals surface area contributed by atoms with Crippen LogP contribution in [0.3, 0.4) is 0 Å². The smallest absolute Gasteiger partial charge is 0.00462 e. The summed E-state index contributed by atoms with van der Waals surface area (Å²) in [6.07, 6.45) is 10.4. The Morgan fingerprint density at radius 2 is 1.71 bits per heavy atom. The standard InChI is InChI=1S/C13H25N/c1-11-4-2-5-13(10-11)12-6-3-8-14-9-7-12/h11-14H,2-10H2,1H3. The lowest BCUT2D eigenvalue weighted by molar-refractivity contribution is 0.191. The molecule has 2 rings (SSSR count). The van der Waals surface area contributed by atoms with Gasteiger partial charge in [0.1, 0.15) is 0 Å². The Kier molecular flexibility index (Phi) is 3.86. The van der Waals surface area contributed by atoms with Crippen LogP contribution in [0.2, 0.25) is 0 Å². The van der Waals surface area contributed by atoms with Crippen molar-refractivity contribution in [1.29, 1.82) is 0 Å². The van der Waals surface area contributed by atoms with Gasteiger partial charge in [0.15, 0.2) is 0 Å². The average Bonchev–Trinajstić information content (AvgIpc) is 2.45. The average molecular weight is 195 g/mol. The van der Waals surface area contributed by atoms with Crippen LogP contribution in [0.15, 0.2) is 0 Å². The van der Waals surface area contributed by atoms with Crippen molar-refractivity contribution in [3.05, 3.63) is 0 Å². The molecule has 0 bridgehead atoms. The highest BCUT2D eigenvalue weighted by Gasteiger charge is 2.26. The number of hydrogen-bond acceptors (Lipinski definition) is 1. The molecule has 1 saturated heterocycles. The van der Waals surface area contributed by atoms with Gasteiger partial charge in [0.25, 0.3) is 0 Å². The Labute approximate surface area is 88.7 Å². The molecule has 0 aromatic heterocycles. The second kappa shape index (κ2) is 5.16. The van der Waals surface area contributed by atoms with E-state index >= 15 is 0 Å². The molecule has 1 aliphatic carbocycles. The van der Waals surface area contributed by atoms with Crippen molar-refractivity contribution < 1.29 is 0 Å². The molecule has 1 saturated carbocycles. The van der Waals surface area contributed by atoms with E-state index in [4.69, 9.17) is 0 Å². The predicted octanol–water partition coefficient (Wildman–Crippen LogP) is 3.20. The lowest BCUT2D eigenvalue weighted by Gasteiger charge is -2.32. The van der Waals surface area contributed by atoms with Crippen LogP contribution in [-0.4, -0.2) is 13.1 Å². The summed E-state index contributed by atoms with van der Waals surface area (Å²) in [5.74, 6) is 3.12. The molecule has 1 heteroatoms. The molecule has 0 radical (unpaired) electrons. The van der Waals surface area contributed by atoms with Gasteiger partial charge in [-0.1, -0.05) is 26.2 Å². The third-order valence-electron chi connectivity index (χ3n) is 4.26. The molecule has 14 heavy (non-hydrogen) atoms. The number of nitrogens with one attached hydrogen (secondary N) is 1. The molecule has 0 aromatic rings. The fourth-order valence-electron chi connectivity index (χ4n) is 3.43. The highest BCUT2D eigenvalue weighted by atomic mass is 14.8. The maximum atomic E-state index is 3.53. The van der Waals surface area contributed by atoms with E-state index in [0.29, 0.717) is 0 Å². The monoisotopic (exact) mass is 195 g/mol. The van der Waals surface area contributed by atoms with Crippen molar-refractivity contribution in [2.45, 2.75) is 51.9 Å². The first-order valence-corrected chi connectivity index (χ1v) is 6.57. The van der Waals surface area contributed by atoms with Crippen molar-refractivity contribution >= 4 is 0 Å². The minimum absolute atomic E-state index is 1.00. The van der Waals surface area contributed by atoms with E-state index in [1.54, 1.807) is 0 Å². The maximum absolute atomic E-state index is 3.53. The minimum atomic E-state index is 1.00. The van der Waals surface area contributed by atoms with Gasteiger partial charge in [0.05, 0.1) is 0 Å². The van der Waals surface area contributed by atoms with Gasteiger partial charge >= 0.3 is 0 Å². The molecule has 82 valence electrons. The van der Waals surface area contributed by atoms with Crippen LogP contribution in [0.4, 0.5) is 0 Å². The van der Waals surface area contributed by atoms with Gasteiger partial charge in [-0.05, 0) is 56.5 Å². The van der Waals surface area contributed by atoms with E-state index in [-0.39, 0.29) is 0 Å². The lowest BCUT2D eigenvalue weighted by Crippen LogP contribution is -2.22. The SMILES string of the molecule is CC1CCCC(C2CCCNCC2)C1. The molecule has 1 N–H and O–H groups in total. The third kappa shape index (κ3) is 2.73. The summed E-state index contributed by atoms with van der Waals surface area (Å²) in [6, 6.07) is 0. The predicted molar refractivity (Wildman–Crippen MR) is 61.3 cm³/mol. The molecule has 2 aliphatic rings. The summed E-state index contributed by atoms with van der Waals surface area (Å²) in [4.78, 5) is 0. The van der Waals surface area contributed by atoms with Crippen molar-refractivity contribution in [1.82, 2.24) is 5.32 Å². The first-order valence-electron chi connectivity index (χ1n) is 6.57. The van der Waals surface area contributed by atoms with Crippen molar-refractivity contribution in [3.8, 4) is 0 Å². The van der Waals surface area contributed by atoms with E-state index in [2.05, 4.69) is 12.2 Å². The zero-order valence-corrected chi connectivity index (χ0v) is 9.60. The van der Waals surface area contributed by atoms with Crippen LogP contribution in [0.1, 0.15) is 51.9 Å². The molecule has 0 spiro atoms. The molecule has 3 atom stereocenters. The Bertz CT molecular complexity index is 159. The summed E-state index contributed by atoms with van der Waals surface area (Å²) >= 11 is 0. The molecular weight excluding hydrogens is 170 g/mol. The lowest BCUT2D eigenvalue weighted by atomic mass is 9.73. The number of rotatable bonds is 1. The van der Waals surface area contributed by atoms with E-state index in [9.17, 15) is 0 Å². The summed E-state index contributed by atoms with van der Waals surface area (Å²) < 4.78 is 0. The Hall–Kier alpha value is -0.0400. The first-order chi connectivity index (χ1) is 6.86. The Balaban J connectivity index is 1.85. The van der Waals surface area contributed by atoms with Gasteiger partial charge in [0, 0.05) is 0 Å². The summed E-state index contributed by atoms with van der Waals surface area (Å²) in [7, 11) is 0. The highest BCUT2D eigenvalue weighted by Crippen LogP contribution is 2.37. The van der Waals surface area contributed by atoms with Crippen LogP contribution in [-0.2, 0) is 0 Å². The minimum Gasteiger partial charge on any atom is -0.317 e. The van der Waals surface area contributed by atoms with Crippen molar-refractivity contribution in [2.24, 2.45) is 17.8 Å². The van der Waals surface area contributed by atoms with Crippen LogP contribution < -0.4 is 5.32 Å². The molecule has 0 aromatic carbocycles. The second-order valence-corrected chi connectivity index (χ2v) is 5.47. The summed E-state index contributed by atoms with van der Waals surface area (Å²) in [6.45, 7) is 4.98. The normalized spacial score (nSPS) is 40.5. The van der Waals surface area contributed by atoms with E-state index in [1.807, 2.05) is 0 Å². The quantitative estimate of drug-likeness (QED) is 0.677. The van der Waals surface area contributed by atoms with E-state index < -0.39 is 0 Å². The fourth-order valence-corrected chi connectivity index (χ4v) is 3.43. The van der Waals surface area contributed by atoms with Crippen molar-refractivity contribution in [2.75, 3.05) is 13.1 Å². The molecule has 0 amide bonds. The largest absolute Gasteiger partial charge is 0.317 e. The zero-order valence-electron chi connectivity index (χ0n) is 9.60. The van der Waals surface area contributed by atoms with E-state index in [0.717, 1.165) is 17.8 Å². The molecule has 2 fully saturated rings. The Morgan fingerprint density at radius 3 is 2.57 bits per heavy atom. The van der Waals surface area contributed by atoms with Crippen LogP contribution in [0, 0.1) is 17.8 Å².